The summed E-state index contributed by atoms with van der Waals surface area (Å²) in [7, 11) is 0. The van der Waals surface area contributed by atoms with E-state index >= 15 is 0 Å². The molecule has 0 fully saturated rings. The summed E-state index contributed by atoms with van der Waals surface area (Å²) < 4.78 is 4.84. The minimum atomic E-state index is -0.529. The first kappa shape index (κ1) is 12.0. The molecule has 0 aliphatic carbocycles. The summed E-state index contributed by atoms with van der Waals surface area (Å²) in [6.07, 6.45) is 2.79. The van der Waals surface area contributed by atoms with Crippen molar-refractivity contribution < 1.29 is 14.3 Å². The molecule has 5 heteroatoms. The zero-order chi connectivity index (χ0) is 12.1. The largest absolute Gasteiger partial charge is 0.461 e. The Balaban J connectivity index is 2.89. The van der Waals surface area contributed by atoms with Crippen LogP contribution in [0.1, 0.15) is 28.7 Å². The Labute approximate surface area is 93.3 Å². The summed E-state index contributed by atoms with van der Waals surface area (Å²) >= 11 is 0. The summed E-state index contributed by atoms with van der Waals surface area (Å²) in [4.78, 5) is 24.8. The molecule has 5 nitrogen and oxygen atoms in total. The number of esters is 1. The summed E-state index contributed by atoms with van der Waals surface area (Å²) in [5, 5.41) is 0. The lowest BCUT2D eigenvalue weighted by Gasteiger charge is -1.96. The first-order valence-electron chi connectivity index (χ1n) is 4.88. The smallest absolute Gasteiger partial charge is 0.354 e. The molecule has 1 aromatic heterocycles. The van der Waals surface area contributed by atoms with Crippen LogP contribution in [0.3, 0.4) is 0 Å². The third-order valence-corrected chi connectivity index (χ3v) is 1.98. The number of carbonyl (C=O) groups is 2. The predicted octanol–water partition coefficient (Wildman–Crippen LogP) is 0.998. The summed E-state index contributed by atoms with van der Waals surface area (Å²) in [5.41, 5.74) is 6.86. The number of hydrogen-bond donors (Lipinski definition) is 2. The molecule has 16 heavy (non-hydrogen) atoms. The third kappa shape index (κ3) is 2.98. The fourth-order valence-corrected chi connectivity index (χ4v) is 1.24. The maximum atomic E-state index is 11.4. The van der Waals surface area contributed by atoms with Crippen LogP contribution in [0, 0.1) is 6.92 Å². The Morgan fingerprint density at radius 2 is 2.25 bits per heavy atom. The van der Waals surface area contributed by atoms with Crippen molar-refractivity contribution in [1.82, 2.24) is 4.98 Å². The average Bonchev–Trinajstić information content (AvgIpc) is 2.57. The second-order valence-electron chi connectivity index (χ2n) is 3.22. The highest BCUT2D eigenvalue weighted by atomic mass is 16.5. The number of nitrogens with one attached hydrogen (secondary N) is 1. The van der Waals surface area contributed by atoms with Crippen molar-refractivity contribution in [2.45, 2.75) is 13.8 Å². The van der Waals surface area contributed by atoms with Crippen molar-refractivity contribution in [2.75, 3.05) is 6.61 Å². The van der Waals surface area contributed by atoms with Gasteiger partial charge in [0.25, 0.3) is 0 Å². The average molecular weight is 222 g/mol. The topological polar surface area (TPSA) is 85.2 Å². The van der Waals surface area contributed by atoms with Gasteiger partial charge < -0.3 is 15.5 Å². The molecular formula is C11H14N2O3. The Hall–Kier alpha value is -2.04. The fraction of sp³-hybridized carbons (Fsp3) is 0.273. The van der Waals surface area contributed by atoms with Gasteiger partial charge in [-0.1, -0.05) is 0 Å². The second-order valence-corrected chi connectivity index (χ2v) is 3.22. The van der Waals surface area contributed by atoms with Gasteiger partial charge in [0.05, 0.1) is 6.61 Å². The molecule has 1 amide bonds. The summed E-state index contributed by atoms with van der Waals surface area (Å²) in [5.74, 6) is -0.942. The zero-order valence-electron chi connectivity index (χ0n) is 9.24. The highest BCUT2D eigenvalue weighted by Gasteiger charge is 2.10. The molecule has 3 N–H and O–H groups in total. The number of ether oxygens (including phenoxy) is 1. The molecule has 0 radical (unpaired) electrons. The zero-order valence-corrected chi connectivity index (χ0v) is 9.24. The number of amides is 1. The molecule has 1 heterocycles. The number of nitrogens with two attached hydrogens (primary N) is 1. The van der Waals surface area contributed by atoms with Crippen molar-refractivity contribution in [3.63, 3.8) is 0 Å². The van der Waals surface area contributed by atoms with Crippen molar-refractivity contribution in [2.24, 2.45) is 5.73 Å². The van der Waals surface area contributed by atoms with E-state index in [0.717, 1.165) is 11.3 Å². The minimum absolute atomic E-state index is 0.323. The van der Waals surface area contributed by atoms with Crippen molar-refractivity contribution >= 4 is 18.0 Å². The molecule has 0 unspecified atom stereocenters. The molecule has 1 aromatic rings. The van der Waals surface area contributed by atoms with Crippen molar-refractivity contribution in [3.05, 3.63) is 29.1 Å². The van der Waals surface area contributed by atoms with Gasteiger partial charge >= 0.3 is 5.97 Å². The van der Waals surface area contributed by atoms with E-state index in [1.807, 2.05) is 0 Å². The predicted molar refractivity (Wildman–Crippen MR) is 59.7 cm³/mol. The number of aromatic amines is 1. The van der Waals surface area contributed by atoms with Crippen LogP contribution in [0.4, 0.5) is 0 Å². The van der Waals surface area contributed by atoms with Gasteiger partial charge in [-0.25, -0.2) is 4.79 Å². The normalized spacial score (nSPS) is 10.6. The molecule has 0 aromatic carbocycles. The molecule has 1 rings (SSSR count). The van der Waals surface area contributed by atoms with Gasteiger partial charge in [-0.2, -0.15) is 0 Å². The van der Waals surface area contributed by atoms with E-state index < -0.39 is 11.9 Å². The Kier molecular flexibility index (Phi) is 3.88. The highest BCUT2D eigenvalue weighted by Crippen LogP contribution is 2.12. The van der Waals surface area contributed by atoms with E-state index in [2.05, 4.69) is 4.98 Å². The van der Waals surface area contributed by atoms with Gasteiger partial charge in [-0.15, -0.1) is 0 Å². The maximum absolute atomic E-state index is 11.4. The molecule has 0 saturated heterocycles. The van der Waals surface area contributed by atoms with E-state index in [4.69, 9.17) is 10.5 Å². The molecule has 0 aliphatic heterocycles. The lowest BCUT2D eigenvalue weighted by atomic mass is 10.2. The number of aromatic nitrogens is 1. The summed E-state index contributed by atoms with van der Waals surface area (Å²) in [6, 6.07) is 1.62. The quantitative estimate of drug-likeness (QED) is 0.588. The van der Waals surface area contributed by atoms with E-state index in [1.54, 1.807) is 26.0 Å². The number of carbonyl (C=O) groups excluding carboxylic acids is 2. The minimum Gasteiger partial charge on any atom is -0.461 e. The Morgan fingerprint density at radius 3 is 2.81 bits per heavy atom. The van der Waals surface area contributed by atoms with Crippen LogP contribution in [0.2, 0.25) is 0 Å². The van der Waals surface area contributed by atoms with Crippen LogP contribution in [0.15, 0.2) is 12.1 Å². The first-order valence-corrected chi connectivity index (χ1v) is 4.88. The van der Waals surface area contributed by atoms with Crippen LogP contribution in [0.5, 0.6) is 0 Å². The van der Waals surface area contributed by atoms with Gasteiger partial charge in [-0.3, -0.25) is 4.79 Å². The SMILES string of the molecule is CCOC(=O)c1cc(/C=C/C(N)=O)c(C)[nH]1. The number of aryl methyl sites for hydroxylation is 1. The molecule has 0 aliphatic rings. The highest BCUT2D eigenvalue weighted by molar-refractivity contribution is 5.92. The van der Waals surface area contributed by atoms with Gasteiger partial charge in [0.2, 0.25) is 5.91 Å². The number of hydrogen-bond acceptors (Lipinski definition) is 3. The van der Waals surface area contributed by atoms with Gasteiger partial charge in [-0.05, 0) is 31.6 Å². The molecule has 0 bridgehead atoms. The summed E-state index contributed by atoms with van der Waals surface area (Å²) in [6.45, 7) is 3.86. The van der Waals surface area contributed by atoms with E-state index in [-0.39, 0.29) is 0 Å². The number of primary amides is 1. The molecular weight excluding hydrogens is 208 g/mol. The number of rotatable bonds is 4. The second kappa shape index (κ2) is 5.16. The van der Waals surface area contributed by atoms with Crippen LogP contribution < -0.4 is 5.73 Å². The lowest BCUT2D eigenvalue weighted by molar-refractivity contribution is -0.113. The van der Waals surface area contributed by atoms with E-state index in [9.17, 15) is 9.59 Å². The van der Waals surface area contributed by atoms with Crippen molar-refractivity contribution in [1.29, 1.82) is 0 Å². The van der Waals surface area contributed by atoms with E-state index in [1.165, 1.54) is 6.08 Å². The first-order chi connectivity index (χ1) is 7.54. The Morgan fingerprint density at radius 1 is 1.56 bits per heavy atom. The van der Waals surface area contributed by atoms with E-state index in [0.29, 0.717) is 12.3 Å². The maximum Gasteiger partial charge on any atom is 0.354 e. The standard InChI is InChI=1S/C11H14N2O3/c1-3-16-11(15)9-6-8(7(2)13-9)4-5-10(12)14/h4-6,13H,3H2,1-2H3,(H2,12,14)/b5-4+. The Bertz CT molecular complexity index is 432. The van der Waals surface area contributed by atoms with Crippen LogP contribution in [0.25, 0.3) is 6.08 Å². The molecule has 0 saturated carbocycles. The van der Waals surface area contributed by atoms with Crippen LogP contribution in [-0.2, 0) is 9.53 Å². The van der Waals surface area contributed by atoms with Crippen LogP contribution in [-0.4, -0.2) is 23.5 Å². The number of H-pyrrole nitrogens is 1. The molecule has 86 valence electrons. The van der Waals surface area contributed by atoms with Gasteiger partial charge in [0, 0.05) is 11.8 Å². The molecule has 0 spiro atoms. The monoisotopic (exact) mass is 222 g/mol. The van der Waals surface area contributed by atoms with Crippen LogP contribution >= 0.6 is 0 Å². The lowest BCUT2D eigenvalue weighted by Crippen LogP contribution is -2.05. The van der Waals surface area contributed by atoms with Gasteiger partial charge in [0.15, 0.2) is 0 Å². The van der Waals surface area contributed by atoms with Crippen molar-refractivity contribution in [3.8, 4) is 0 Å². The van der Waals surface area contributed by atoms with Gasteiger partial charge in [0.1, 0.15) is 5.69 Å². The third-order valence-electron chi connectivity index (χ3n) is 1.98. The fourth-order valence-electron chi connectivity index (χ4n) is 1.24. The molecule has 0 atom stereocenters.